The quantitative estimate of drug-likeness (QED) is 0.155. The fourth-order valence-corrected chi connectivity index (χ4v) is 7.74. The normalized spacial score (nSPS) is 12.8. The molecule has 5 heterocycles. The van der Waals surface area contributed by atoms with Crippen molar-refractivity contribution in [3.8, 4) is 56.4 Å². The number of ether oxygens (including phenoxy) is 4. The standard InChI is InChI=1S/C54H40O4/c1-3-10-49-43(6-1)24-30-51-53(49)54-50-11-4-2-7-44(50)25-31-52(54)58-36-40-18-28-48(29-19-40)56-34-38-14-22-42(23-15-38)46-9-5-8-45(32-46)41-20-12-37(13-21-41)33-55-47-26-16-39(17-27-47)35-57-51/h1-32H,33-36H2. The van der Waals surface area contributed by atoms with E-state index in [-0.39, 0.29) is 0 Å². The van der Waals surface area contributed by atoms with Crippen LogP contribution in [0.25, 0.3) is 54.9 Å². The van der Waals surface area contributed by atoms with Crippen LogP contribution in [0.3, 0.4) is 0 Å². The van der Waals surface area contributed by atoms with Crippen LogP contribution in [0.1, 0.15) is 22.3 Å². The van der Waals surface area contributed by atoms with Crippen molar-refractivity contribution in [1.82, 2.24) is 0 Å². The van der Waals surface area contributed by atoms with Crippen LogP contribution in [0.5, 0.6) is 23.0 Å². The third-order valence-electron chi connectivity index (χ3n) is 10.9. The van der Waals surface area contributed by atoms with Gasteiger partial charge in [0.1, 0.15) is 49.4 Å². The fraction of sp³-hybridized carbons (Fsp3) is 0.0741. The summed E-state index contributed by atoms with van der Waals surface area (Å²) in [5.74, 6) is 3.21. The Morgan fingerprint density at radius 2 is 0.655 bits per heavy atom. The number of benzene rings is 9. The maximum Gasteiger partial charge on any atom is 0.128 e. The smallest absolute Gasteiger partial charge is 0.128 e. The lowest BCUT2D eigenvalue weighted by molar-refractivity contribution is 0.299. The Bertz CT molecular complexity index is 2660. The van der Waals surface area contributed by atoms with Gasteiger partial charge in [-0.1, -0.05) is 152 Å². The van der Waals surface area contributed by atoms with E-state index in [9.17, 15) is 0 Å². The van der Waals surface area contributed by atoms with E-state index in [1.165, 1.54) is 22.3 Å². The van der Waals surface area contributed by atoms with Gasteiger partial charge in [0.2, 0.25) is 0 Å². The molecule has 0 fully saturated rings. The van der Waals surface area contributed by atoms with Crippen molar-refractivity contribution >= 4 is 21.5 Å². The molecule has 0 aromatic heterocycles. The van der Waals surface area contributed by atoms with Gasteiger partial charge in [0.25, 0.3) is 0 Å². The molecule has 0 radical (unpaired) electrons. The molecule has 4 nitrogen and oxygen atoms in total. The second-order valence-electron chi connectivity index (χ2n) is 14.7. The van der Waals surface area contributed by atoms with Crippen molar-refractivity contribution in [3.05, 3.63) is 216 Å². The van der Waals surface area contributed by atoms with Crippen LogP contribution in [0.2, 0.25) is 0 Å². The topological polar surface area (TPSA) is 36.9 Å². The first-order valence-corrected chi connectivity index (χ1v) is 19.7. The molecule has 0 atom stereocenters. The predicted molar refractivity (Wildman–Crippen MR) is 234 cm³/mol. The molecule has 58 heavy (non-hydrogen) atoms. The molecule has 5 aliphatic heterocycles. The second-order valence-corrected chi connectivity index (χ2v) is 14.7. The van der Waals surface area contributed by atoms with Crippen LogP contribution in [-0.2, 0) is 26.4 Å². The van der Waals surface area contributed by atoms with Crippen LogP contribution in [-0.4, -0.2) is 0 Å². The first kappa shape index (κ1) is 35.1. The summed E-state index contributed by atoms with van der Waals surface area (Å²) < 4.78 is 25.9. The SMILES string of the molecule is c1cc2cc(c1)-c1ccc(cc1)COc1ccc(cc1)COc1ccc3ccccc3c1-c1c(ccc3ccccc13)OCc1ccc(cc1)OCc1ccc-2cc1. The van der Waals surface area contributed by atoms with E-state index in [2.05, 4.69) is 170 Å². The van der Waals surface area contributed by atoms with Crippen LogP contribution < -0.4 is 18.9 Å². The van der Waals surface area contributed by atoms with E-state index < -0.39 is 0 Å². The molecular weight excluding hydrogens is 713 g/mol. The Kier molecular flexibility index (Phi) is 9.50. The lowest BCUT2D eigenvalue weighted by Gasteiger charge is -2.20. The molecule has 4 heteroatoms. The summed E-state index contributed by atoms with van der Waals surface area (Å²) >= 11 is 0. The van der Waals surface area contributed by atoms with Gasteiger partial charge in [0.15, 0.2) is 0 Å². The van der Waals surface area contributed by atoms with Crippen molar-refractivity contribution in [2.75, 3.05) is 0 Å². The van der Waals surface area contributed by atoms with E-state index >= 15 is 0 Å². The minimum atomic E-state index is 0.397. The summed E-state index contributed by atoms with van der Waals surface area (Å²) in [6, 6.07) is 67.6. The van der Waals surface area contributed by atoms with Gasteiger partial charge in [0.05, 0.1) is 0 Å². The molecule has 0 saturated heterocycles. The summed E-state index contributed by atoms with van der Waals surface area (Å²) in [6.45, 7) is 1.75. The zero-order valence-electron chi connectivity index (χ0n) is 31.9. The molecule has 14 rings (SSSR count). The molecule has 5 aliphatic rings. The minimum Gasteiger partial charge on any atom is -0.489 e. The van der Waals surface area contributed by atoms with Gasteiger partial charge in [0, 0.05) is 11.1 Å². The lowest BCUT2D eigenvalue weighted by atomic mass is 9.92. The summed E-state index contributed by atoms with van der Waals surface area (Å²) in [5.41, 5.74) is 11.0. The molecular formula is C54H40O4. The van der Waals surface area contributed by atoms with E-state index in [0.717, 1.165) is 77.9 Å². The molecule has 9 aromatic carbocycles. The molecule has 0 saturated carbocycles. The van der Waals surface area contributed by atoms with Gasteiger partial charge in [-0.05, 0) is 109 Å². The first-order valence-electron chi connectivity index (χ1n) is 19.7. The molecule has 0 aliphatic carbocycles. The second kappa shape index (κ2) is 15.7. The van der Waals surface area contributed by atoms with Gasteiger partial charge in [-0.3, -0.25) is 0 Å². The molecule has 0 unspecified atom stereocenters. The van der Waals surface area contributed by atoms with Crippen LogP contribution in [0.15, 0.2) is 194 Å². The molecule has 10 bridgehead atoms. The molecule has 0 N–H and O–H groups in total. The van der Waals surface area contributed by atoms with Gasteiger partial charge in [-0.2, -0.15) is 0 Å². The Balaban J connectivity index is 1.01. The van der Waals surface area contributed by atoms with E-state index in [1.807, 2.05) is 24.3 Å². The third-order valence-corrected chi connectivity index (χ3v) is 10.9. The molecule has 9 aromatic rings. The fourth-order valence-electron chi connectivity index (χ4n) is 7.74. The van der Waals surface area contributed by atoms with Crippen molar-refractivity contribution in [2.45, 2.75) is 26.4 Å². The van der Waals surface area contributed by atoms with Crippen LogP contribution in [0.4, 0.5) is 0 Å². The average Bonchev–Trinajstić information content (AvgIpc) is 3.29. The van der Waals surface area contributed by atoms with E-state index in [1.54, 1.807) is 0 Å². The minimum absolute atomic E-state index is 0.397. The summed E-state index contributed by atoms with van der Waals surface area (Å²) in [7, 11) is 0. The highest BCUT2D eigenvalue weighted by Gasteiger charge is 2.20. The predicted octanol–water partition coefficient (Wildman–Crippen LogP) is 13.6. The average molecular weight is 753 g/mol. The van der Waals surface area contributed by atoms with Gasteiger partial charge in [-0.25, -0.2) is 0 Å². The summed E-state index contributed by atoms with van der Waals surface area (Å²) in [4.78, 5) is 0. The maximum atomic E-state index is 6.73. The van der Waals surface area contributed by atoms with Crippen molar-refractivity contribution < 1.29 is 18.9 Å². The third kappa shape index (κ3) is 7.36. The largest absolute Gasteiger partial charge is 0.489 e. The monoisotopic (exact) mass is 752 g/mol. The van der Waals surface area contributed by atoms with Crippen LogP contribution in [0, 0.1) is 0 Å². The number of hydrogen-bond donors (Lipinski definition) is 0. The lowest BCUT2D eigenvalue weighted by Crippen LogP contribution is -2.01. The maximum absolute atomic E-state index is 6.73. The zero-order valence-corrected chi connectivity index (χ0v) is 31.9. The highest BCUT2D eigenvalue weighted by Crippen LogP contribution is 2.46. The molecule has 0 spiro atoms. The van der Waals surface area contributed by atoms with Crippen molar-refractivity contribution in [2.24, 2.45) is 0 Å². The van der Waals surface area contributed by atoms with E-state index in [4.69, 9.17) is 18.9 Å². The van der Waals surface area contributed by atoms with Gasteiger partial charge in [-0.15, -0.1) is 0 Å². The Labute approximate surface area is 338 Å². The molecule has 280 valence electrons. The number of hydrogen-bond acceptors (Lipinski definition) is 4. The summed E-state index contributed by atoms with van der Waals surface area (Å²) in [5, 5.41) is 4.47. The van der Waals surface area contributed by atoms with E-state index in [0.29, 0.717) is 26.4 Å². The van der Waals surface area contributed by atoms with Crippen molar-refractivity contribution in [1.29, 1.82) is 0 Å². The van der Waals surface area contributed by atoms with Gasteiger partial charge < -0.3 is 18.9 Å². The zero-order chi connectivity index (χ0) is 38.7. The Morgan fingerprint density at radius 1 is 0.276 bits per heavy atom. The number of rotatable bonds is 0. The first-order chi connectivity index (χ1) is 28.7. The summed E-state index contributed by atoms with van der Waals surface area (Å²) in [6.07, 6.45) is 0. The highest BCUT2D eigenvalue weighted by molar-refractivity contribution is 6.09. The Hall–Kier alpha value is -7.30. The van der Waals surface area contributed by atoms with Crippen molar-refractivity contribution in [3.63, 3.8) is 0 Å². The van der Waals surface area contributed by atoms with Crippen LogP contribution >= 0.6 is 0 Å². The number of fused-ring (bicyclic) bond motifs is 6. The highest BCUT2D eigenvalue weighted by atomic mass is 16.5. The van der Waals surface area contributed by atoms with Gasteiger partial charge >= 0.3 is 0 Å². The molecule has 0 amide bonds. The Morgan fingerprint density at radius 3 is 1.09 bits per heavy atom.